The number of piperazine rings is 1. The van der Waals surface area contributed by atoms with Crippen molar-refractivity contribution in [2.45, 2.75) is 45.5 Å². The maximum atomic E-state index is 12.4. The molecule has 1 aromatic heterocycles. The first-order chi connectivity index (χ1) is 18.5. The van der Waals surface area contributed by atoms with E-state index in [2.05, 4.69) is 48.2 Å². The van der Waals surface area contributed by atoms with E-state index >= 15 is 0 Å². The molecule has 0 spiro atoms. The highest BCUT2D eigenvalue weighted by molar-refractivity contribution is 7.87. The van der Waals surface area contributed by atoms with Gasteiger partial charge in [-0.15, -0.1) is 0 Å². The Hall–Kier alpha value is -3.08. The molecule has 39 heavy (non-hydrogen) atoms. The van der Waals surface area contributed by atoms with Crippen LogP contribution in [0.2, 0.25) is 5.02 Å². The average molecular weight is 572 g/mol. The molecular weight excluding hydrogens is 534 g/mol. The molecule has 4 rings (SSSR count). The second-order valence-electron chi connectivity index (χ2n) is 10.8. The highest BCUT2D eigenvalue weighted by Crippen LogP contribution is 2.34. The van der Waals surface area contributed by atoms with E-state index in [0.29, 0.717) is 16.8 Å². The van der Waals surface area contributed by atoms with Crippen LogP contribution in [0.4, 0.5) is 34.5 Å². The highest BCUT2D eigenvalue weighted by atomic mass is 35.5. The monoisotopic (exact) mass is 571 g/mol. The molecule has 2 aromatic carbocycles. The number of hydrogen-bond donors (Lipinski definition) is 3. The Bertz CT molecular complexity index is 1290. The lowest BCUT2D eigenvalue weighted by atomic mass is 10.2. The molecule has 11 heteroatoms. The third kappa shape index (κ3) is 7.97. The van der Waals surface area contributed by atoms with Crippen molar-refractivity contribution in [3.05, 3.63) is 53.7 Å². The molecule has 0 radical (unpaired) electrons. The van der Waals surface area contributed by atoms with Gasteiger partial charge in [-0.25, -0.2) is 9.19 Å². The van der Waals surface area contributed by atoms with Gasteiger partial charge < -0.3 is 29.9 Å². The van der Waals surface area contributed by atoms with Gasteiger partial charge in [-0.1, -0.05) is 11.6 Å². The van der Waals surface area contributed by atoms with Crippen molar-refractivity contribution in [1.29, 1.82) is 0 Å². The van der Waals surface area contributed by atoms with Gasteiger partial charge in [0.05, 0.1) is 22.7 Å². The molecule has 1 aliphatic rings. The molecule has 0 bridgehead atoms. The van der Waals surface area contributed by atoms with Gasteiger partial charge >= 0.3 is 0 Å². The first-order valence-corrected chi connectivity index (χ1v) is 14.6. The number of nitrogens with one attached hydrogen (secondary N) is 3. The lowest BCUT2D eigenvalue weighted by molar-refractivity contribution is 0.241. The van der Waals surface area contributed by atoms with E-state index in [4.69, 9.17) is 16.3 Å². The molecule has 3 N–H and O–H groups in total. The maximum absolute atomic E-state index is 12.4. The zero-order valence-electron chi connectivity index (χ0n) is 23.4. The van der Waals surface area contributed by atoms with E-state index in [1.807, 2.05) is 71.0 Å². The minimum absolute atomic E-state index is 0.0455. The summed E-state index contributed by atoms with van der Waals surface area (Å²) in [5.74, 6) is 1.71. The van der Waals surface area contributed by atoms with Crippen LogP contribution in [0, 0.1) is 0 Å². The first kappa shape index (κ1) is 28.9. The SMILES string of the molecule is CC(C)Oc1cc(Nc2ncc(Cl)c(Nc3ccc(NS(=O)C(C)(C)C)cc3)n2)ccc1N1CCN(C)CC1. The van der Waals surface area contributed by atoms with Crippen LogP contribution >= 0.6 is 11.6 Å². The molecular formula is C28H38ClN7O2S. The molecule has 1 saturated heterocycles. The van der Waals surface area contributed by atoms with Crippen LogP contribution in [0.5, 0.6) is 5.75 Å². The molecule has 1 atom stereocenters. The van der Waals surface area contributed by atoms with Gasteiger partial charge in [0, 0.05) is 49.3 Å². The van der Waals surface area contributed by atoms with Gasteiger partial charge in [0.2, 0.25) is 5.95 Å². The molecule has 210 valence electrons. The van der Waals surface area contributed by atoms with Crippen molar-refractivity contribution in [2.24, 2.45) is 0 Å². The van der Waals surface area contributed by atoms with E-state index < -0.39 is 11.0 Å². The molecule has 1 fully saturated rings. The smallest absolute Gasteiger partial charge is 0.229 e. The van der Waals surface area contributed by atoms with Gasteiger partial charge in [0.15, 0.2) is 5.82 Å². The maximum Gasteiger partial charge on any atom is 0.229 e. The Morgan fingerprint density at radius 3 is 2.26 bits per heavy atom. The number of halogens is 1. The van der Waals surface area contributed by atoms with Crippen LogP contribution in [-0.4, -0.2) is 63.2 Å². The van der Waals surface area contributed by atoms with E-state index in [0.717, 1.165) is 54.7 Å². The lowest BCUT2D eigenvalue weighted by Crippen LogP contribution is -2.44. The van der Waals surface area contributed by atoms with Crippen molar-refractivity contribution in [3.63, 3.8) is 0 Å². The standard InChI is InChI=1S/C28H38ClN7O2S/c1-19(2)38-25-17-22(11-12-24(25)36-15-13-35(6)14-16-36)32-27-30-18-23(29)26(33-27)31-20-7-9-21(10-8-20)34-39(37)28(3,4)5/h7-12,17-19,34H,13-16H2,1-6H3,(H2,30,31,32,33). The molecule has 0 saturated carbocycles. The number of hydrogen-bond acceptors (Lipinski definition) is 8. The summed E-state index contributed by atoms with van der Waals surface area (Å²) in [5.41, 5.74) is 3.47. The van der Waals surface area contributed by atoms with Gasteiger partial charge in [0.1, 0.15) is 21.8 Å². The topological polar surface area (TPSA) is 94.6 Å². The Balaban J connectivity index is 1.48. The summed E-state index contributed by atoms with van der Waals surface area (Å²) < 4.78 is 21.2. The molecule has 2 heterocycles. The van der Waals surface area contributed by atoms with Crippen molar-refractivity contribution >= 4 is 57.1 Å². The van der Waals surface area contributed by atoms with Crippen LogP contribution in [0.25, 0.3) is 0 Å². The number of ether oxygens (including phenoxy) is 1. The van der Waals surface area contributed by atoms with Crippen LogP contribution < -0.4 is 25.0 Å². The van der Waals surface area contributed by atoms with Gasteiger partial charge in [-0.3, -0.25) is 0 Å². The molecule has 1 aliphatic heterocycles. The van der Waals surface area contributed by atoms with Crippen LogP contribution in [0.3, 0.4) is 0 Å². The Kier molecular flexibility index (Phi) is 9.19. The van der Waals surface area contributed by atoms with Gasteiger partial charge in [-0.05, 0) is 78.1 Å². The summed E-state index contributed by atoms with van der Waals surface area (Å²) in [7, 11) is 0.945. The minimum atomic E-state index is -1.20. The Labute approximate surface area is 238 Å². The quantitative estimate of drug-likeness (QED) is 0.286. The molecule has 1 unspecified atom stereocenters. The van der Waals surface area contributed by atoms with Crippen molar-refractivity contribution in [2.75, 3.05) is 53.5 Å². The minimum Gasteiger partial charge on any atom is -0.489 e. The fourth-order valence-electron chi connectivity index (χ4n) is 3.91. The predicted octanol–water partition coefficient (Wildman–Crippen LogP) is 6.03. The second kappa shape index (κ2) is 12.4. The van der Waals surface area contributed by atoms with Crippen molar-refractivity contribution in [3.8, 4) is 5.75 Å². The Morgan fingerprint density at radius 2 is 1.62 bits per heavy atom. The molecule has 0 amide bonds. The number of nitrogens with zero attached hydrogens (tertiary/aromatic N) is 4. The number of aromatic nitrogens is 2. The third-order valence-electron chi connectivity index (χ3n) is 6.08. The van der Waals surface area contributed by atoms with Crippen LogP contribution in [0.1, 0.15) is 34.6 Å². The Morgan fingerprint density at radius 1 is 0.974 bits per heavy atom. The largest absolute Gasteiger partial charge is 0.489 e. The normalized spacial score (nSPS) is 15.2. The summed E-state index contributed by atoms with van der Waals surface area (Å²) in [6.07, 6.45) is 1.61. The zero-order valence-corrected chi connectivity index (χ0v) is 25.0. The highest BCUT2D eigenvalue weighted by Gasteiger charge is 2.20. The fraction of sp³-hybridized carbons (Fsp3) is 0.429. The number of rotatable bonds is 9. The van der Waals surface area contributed by atoms with E-state index in [1.54, 1.807) is 6.20 Å². The van der Waals surface area contributed by atoms with E-state index in [-0.39, 0.29) is 10.9 Å². The number of anilines is 6. The molecule has 9 nitrogen and oxygen atoms in total. The van der Waals surface area contributed by atoms with E-state index in [1.165, 1.54) is 0 Å². The van der Waals surface area contributed by atoms with Gasteiger partial charge in [-0.2, -0.15) is 4.98 Å². The van der Waals surface area contributed by atoms with Gasteiger partial charge in [0.25, 0.3) is 0 Å². The summed E-state index contributed by atoms with van der Waals surface area (Å²) in [6.45, 7) is 13.8. The fourth-order valence-corrected chi connectivity index (χ4v) is 4.71. The summed E-state index contributed by atoms with van der Waals surface area (Å²) in [4.78, 5) is 13.7. The first-order valence-electron chi connectivity index (χ1n) is 13.1. The summed E-state index contributed by atoms with van der Waals surface area (Å²) in [5, 5.41) is 6.92. The molecule has 3 aromatic rings. The average Bonchev–Trinajstić information content (AvgIpc) is 2.87. The number of likely N-dealkylation sites (N-methyl/N-ethyl adjacent to an activating group) is 1. The van der Waals surface area contributed by atoms with Crippen molar-refractivity contribution in [1.82, 2.24) is 14.9 Å². The summed E-state index contributed by atoms with van der Waals surface area (Å²) in [6, 6.07) is 13.6. The predicted molar refractivity (Wildman–Crippen MR) is 163 cm³/mol. The van der Waals surface area contributed by atoms with E-state index in [9.17, 15) is 4.21 Å². The summed E-state index contributed by atoms with van der Waals surface area (Å²) >= 11 is 6.40. The number of benzene rings is 2. The molecule has 0 aliphatic carbocycles. The van der Waals surface area contributed by atoms with Crippen LogP contribution in [-0.2, 0) is 11.0 Å². The van der Waals surface area contributed by atoms with Crippen LogP contribution in [0.15, 0.2) is 48.7 Å². The van der Waals surface area contributed by atoms with Crippen molar-refractivity contribution < 1.29 is 8.95 Å². The lowest BCUT2D eigenvalue weighted by Gasteiger charge is -2.35. The third-order valence-corrected chi connectivity index (χ3v) is 7.89. The second-order valence-corrected chi connectivity index (χ2v) is 13.2. The zero-order chi connectivity index (χ0) is 28.2.